The van der Waals surface area contributed by atoms with Crippen molar-refractivity contribution in [3.63, 3.8) is 0 Å². The molecule has 0 saturated heterocycles. The molecular formula is C28H27ClN2O9. The highest BCUT2D eigenvalue weighted by molar-refractivity contribution is 6.31. The summed E-state index contributed by atoms with van der Waals surface area (Å²) in [6.45, 7) is 1.97. The van der Waals surface area contributed by atoms with Gasteiger partial charge < -0.3 is 39.1 Å². The molecule has 3 aromatic rings. The predicted molar refractivity (Wildman–Crippen MR) is 146 cm³/mol. The van der Waals surface area contributed by atoms with Crippen molar-refractivity contribution >= 4 is 40.8 Å². The van der Waals surface area contributed by atoms with Gasteiger partial charge in [-0.3, -0.25) is 9.59 Å². The summed E-state index contributed by atoms with van der Waals surface area (Å²) in [7, 11) is 2.86. The summed E-state index contributed by atoms with van der Waals surface area (Å²) in [4.78, 5) is 37.7. The molecule has 1 unspecified atom stereocenters. The van der Waals surface area contributed by atoms with Crippen LogP contribution in [0.25, 0.3) is 0 Å². The average Bonchev–Trinajstić information content (AvgIpc) is 2.96. The first-order valence-electron chi connectivity index (χ1n) is 12.1. The van der Waals surface area contributed by atoms with Crippen LogP contribution in [-0.2, 0) is 14.3 Å². The van der Waals surface area contributed by atoms with Gasteiger partial charge in [0.15, 0.2) is 35.7 Å². The van der Waals surface area contributed by atoms with Crippen molar-refractivity contribution in [2.24, 2.45) is 0 Å². The van der Waals surface area contributed by atoms with Crippen molar-refractivity contribution < 1.29 is 42.8 Å². The monoisotopic (exact) mass is 570 g/mol. The number of hydrogen-bond acceptors (Lipinski definition) is 9. The Kier molecular flexibility index (Phi) is 9.18. The number of halogens is 1. The molecule has 4 rings (SSSR count). The number of carbonyl (C=O) groups is 3. The second kappa shape index (κ2) is 12.9. The number of amides is 2. The Morgan fingerprint density at radius 2 is 1.60 bits per heavy atom. The standard InChI is InChI=1S/C28H27ClN2O9/c1-16(27(33)30-19-6-9-23-25(14-19)38-11-10-37-23)40-28(34)17-4-7-22(24(12-17)36-3)39-15-26(32)31-20-13-18(29)5-8-21(20)35-2/h4-9,12-14,16H,10-11,15H2,1-3H3,(H,30,33)(H,31,32). The molecule has 0 aromatic heterocycles. The summed E-state index contributed by atoms with van der Waals surface area (Å²) in [5.41, 5.74) is 0.982. The first-order chi connectivity index (χ1) is 19.3. The van der Waals surface area contributed by atoms with Crippen LogP contribution in [0.1, 0.15) is 17.3 Å². The van der Waals surface area contributed by atoms with E-state index in [1.165, 1.54) is 39.3 Å². The number of anilines is 2. The third kappa shape index (κ3) is 7.06. The molecule has 210 valence electrons. The molecule has 0 saturated carbocycles. The SMILES string of the molecule is COc1ccc(Cl)cc1NC(=O)COc1ccc(C(=O)OC(C)C(=O)Nc2ccc3c(c2)OCCO3)cc1OC. The minimum absolute atomic E-state index is 0.122. The van der Waals surface area contributed by atoms with Gasteiger partial charge in [-0.25, -0.2) is 4.79 Å². The van der Waals surface area contributed by atoms with Gasteiger partial charge in [0.25, 0.3) is 11.8 Å². The molecule has 1 aliphatic rings. The molecule has 0 spiro atoms. The molecule has 1 atom stereocenters. The highest BCUT2D eigenvalue weighted by Gasteiger charge is 2.22. The fourth-order valence-electron chi connectivity index (χ4n) is 3.67. The van der Waals surface area contributed by atoms with E-state index in [9.17, 15) is 14.4 Å². The van der Waals surface area contributed by atoms with Gasteiger partial charge in [-0.1, -0.05) is 11.6 Å². The number of hydrogen-bond donors (Lipinski definition) is 2. The molecule has 3 aromatic carbocycles. The minimum atomic E-state index is -1.10. The highest BCUT2D eigenvalue weighted by atomic mass is 35.5. The first-order valence-corrected chi connectivity index (χ1v) is 12.5. The van der Waals surface area contributed by atoms with Crippen molar-refractivity contribution in [1.29, 1.82) is 0 Å². The third-order valence-electron chi connectivity index (χ3n) is 5.66. The Labute approximate surface area is 235 Å². The van der Waals surface area contributed by atoms with Gasteiger partial charge in [0.1, 0.15) is 19.0 Å². The fourth-order valence-corrected chi connectivity index (χ4v) is 3.84. The van der Waals surface area contributed by atoms with Gasteiger partial charge >= 0.3 is 5.97 Å². The lowest BCUT2D eigenvalue weighted by Crippen LogP contribution is -2.30. The van der Waals surface area contributed by atoms with Crippen LogP contribution in [0.3, 0.4) is 0 Å². The quantitative estimate of drug-likeness (QED) is 0.342. The summed E-state index contributed by atoms with van der Waals surface area (Å²) in [5, 5.41) is 5.78. The van der Waals surface area contributed by atoms with Crippen molar-refractivity contribution in [2.75, 3.05) is 44.7 Å². The predicted octanol–water partition coefficient (Wildman–Crippen LogP) is 4.33. The van der Waals surface area contributed by atoms with Gasteiger partial charge in [0, 0.05) is 16.8 Å². The second-order valence-electron chi connectivity index (χ2n) is 8.44. The van der Waals surface area contributed by atoms with Crippen molar-refractivity contribution in [2.45, 2.75) is 13.0 Å². The number of rotatable bonds is 10. The summed E-state index contributed by atoms with van der Waals surface area (Å²) in [5.74, 6) is 0.209. The molecule has 0 fully saturated rings. The fraction of sp³-hybridized carbons (Fsp3) is 0.250. The highest BCUT2D eigenvalue weighted by Crippen LogP contribution is 2.33. The number of benzene rings is 3. The maximum Gasteiger partial charge on any atom is 0.339 e. The number of methoxy groups -OCH3 is 2. The van der Waals surface area contributed by atoms with E-state index in [2.05, 4.69) is 10.6 Å². The van der Waals surface area contributed by atoms with E-state index >= 15 is 0 Å². The van der Waals surface area contributed by atoms with Crippen molar-refractivity contribution in [3.8, 4) is 28.7 Å². The number of esters is 1. The normalized spacial score (nSPS) is 12.5. The number of carbonyl (C=O) groups excluding carboxylic acids is 3. The van der Waals surface area contributed by atoms with E-state index in [1.807, 2.05) is 0 Å². The van der Waals surface area contributed by atoms with Crippen molar-refractivity contribution in [1.82, 2.24) is 0 Å². The van der Waals surface area contributed by atoms with Gasteiger partial charge in [0.05, 0.1) is 25.5 Å². The Morgan fingerprint density at radius 3 is 2.35 bits per heavy atom. The Bertz CT molecular complexity index is 1410. The largest absolute Gasteiger partial charge is 0.495 e. The lowest BCUT2D eigenvalue weighted by Gasteiger charge is -2.19. The topological polar surface area (TPSA) is 131 Å². The van der Waals surface area contributed by atoms with E-state index in [1.54, 1.807) is 36.4 Å². The maximum absolute atomic E-state index is 12.7. The molecule has 1 heterocycles. The van der Waals surface area contributed by atoms with Gasteiger partial charge in [-0.05, 0) is 55.5 Å². The van der Waals surface area contributed by atoms with Crippen LogP contribution in [0.15, 0.2) is 54.6 Å². The lowest BCUT2D eigenvalue weighted by atomic mass is 10.2. The maximum atomic E-state index is 12.7. The Morgan fingerprint density at radius 1 is 0.875 bits per heavy atom. The molecule has 0 radical (unpaired) electrons. The third-order valence-corrected chi connectivity index (χ3v) is 5.89. The van der Waals surface area contributed by atoms with Crippen LogP contribution >= 0.6 is 11.6 Å². The summed E-state index contributed by atoms with van der Waals surface area (Å²) < 4.78 is 32.4. The van der Waals surface area contributed by atoms with Crippen LogP contribution in [0.4, 0.5) is 11.4 Å². The van der Waals surface area contributed by atoms with Gasteiger partial charge in [0.2, 0.25) is 0 Å². The van der Waals surface area contributed by atoms with Gasteiger partial charge in [-0.15, -0.1) is 0 Å². The zero-order chi connectivity index (χ0) is 28.6. The Balaban J connectivity index is 1.33. The van der Waals surface area contributed by atoms with Crippen LogP contribution in [-0.4, -0.2) is 57.9 Å². The van der Waals surface area contributed by atoms with Crippen molar-refractivity contribution in [3.05, 3.63) is 65.2 Å². The van der Waals surface area contributed by atoms with E-state index in [0.29, 0.717) is 46.9 Å². The summed E-state index contributed by atoms with van der Waals surface area (Å²) >= 11 is 6.00. The number of ether oxygens (including phenoxy) is 6. The van der Waals surface area contributed by atoms with Crippen LogP contribution in [0.5, 0.6) is 28.7 Å². The first kappa shape index (κ1) is 28.4. The van der Waals surface area contributed by atoms with E-state index in [0.717, 1.165) is 0 Å². The zero-order valence-corrected chi connectivity index (χ0v) is 22.7. The smallest absolute Gasteiger partial charge is 0.339 e. The molecule has 0 bridgehead atoms. The molecule has 2 N–H and O–H groups in total. The zero-order valence-electron chi connectivity index (χ0n) is 21.9. The average molecular weight is 571 g/mol. The molecule has 11 nitrogen and oxygen atoms in total. The van der Waals surface area contributed by atoms with E-state index in [4.69, 9.17) is 40.0 Å². The summed E-state index contributed by atoms with van der Waals surface area (Å²) in [6, 6.07) is 14.1. The minimum Gasteiger partial charge on any atom is -0.495 e. The lowest BCUT2D eigenvalue weighted by molar-refractivity contribution is -0.123. The Hall–Kier alpha value is -4.64. The molecule has 12 heteroatoms. The number of fused-ring (bicyclic) bond motifs is 1. The molecule has 2 amide bonds. The van der Waals surface area contributed by atoms with Gasteiger partial charge in [-0.2, -0.15) is 0 Å². The van der Waals surface area contributed by atoms with Crippen LogP contribution < -0.4 is 34.3 Å². The van der Waals surface area contributed by atoms with E-state index < -0.39 is 23.9 Å². The molecular weight excluding hydrogens is 544 g/mol. The number of nitrogens with one attached hydrogen (secondary N) is 2. The van der Waals surface area contributed by atoms with E-state index in [-0.39, 0.29) is 23.7 Å². The van der Waals surface area contributed by atoms with Crippen LogP contribution in [0, 0.1) is 0 Å². The van der Waals surface area contributed by atoms with Crippen LogP contribution in [0.2, 0.25) is 5.02 Å². The molecule has 0 aliphatic carbocycles. The second-order valence-corrected chi connectivity index (χ2v) is 8.88. The molecule has 1 aliphatic heterocycles. The molecule has 40 heavy (non-hydrogen) atoms. The summed E-state index contributed by atoms with van der Waals surface area (Å²) in [6.07, 6.45) is -1.10.